The van der Waals surface area contributed by atoms with E-state index in [-0.39, 0.29) is 6.79 Å². The third kappa shape index (κ3) is 2.69. The molecule has 1 heterocycles. The number of hydrogen-bond donors (Lipinski definition) is 1. The van der Waals surface area contributed by atoms with Crippen LogP contribution in [0.3, 0.4) is 0 Å². The van der Waals surface area contributed by atoms with Gasteiger partial charge in [0.2, 0.25) is 12.5 Å². The summed E-state index contributed by atoms with van der Waals surface area (Å²) in [6.07, 6.45) is 2.62. The van der Waals surface area contributed by atoms with Gasteiger partial charge in [-0.15, -0.1) is 0 Å². The molecule has 1 aliphatic heterocycles. The van der Waals surface area contributed by atoms with Gasteiger partial charge in [0, 0.05) is 19.2 Å². The van der Waals surface area contributed by atoms with Crippen LogP contribution in [0.15, 0.2) is 12.1 Å². The fraction of sp³-hybridized carbons (Fsp3) is 0.600. The van der Waals surface area contributed by atoms with Crippen molar-refractivity contribution in [3.63, 3.8) is 0 Å². The molecule has 1 N–H and O–H groups in total. The Morgan fingerprint density at radius 2 is 2.15 bits per heavy atom. The highest BCUT2D eigenvalue weighted by atomic mass is 16.7. The van der Waals surface area contributed by atoms with Gasteiger partial charge in [0.15, 0.2) is 11.5 Å². The molecular weight excluding hydrogens is 258 g/mol. The van der Waals surface area contributed by atoms with Gasteiger partial charge in [-0.3, -0.25) is 0 Å². The fourth-order valence-corrected chi connectivity index (χ4v) is 2.65. The van der Waals surface area contributed by atoms with Crippen molar-refractivity contribution in [3.8, 4) is 17.2 Å². The second-order valence-corrected chi connectivity index (χ2v) is 5.16. The summed E-state index contributed by atoms with van der Waals surface area (Å²) >= 11 is 0. The molecule has 0 atom stereocenters. The molecule has 1 aromatic carbocycles. The monoisotopic (exact) mass is 279 g/mol. The molecule has 1 aliphatic carbocycles. The summed E-state index contributed by atoms with van der Waals surface area (Å²) in [7, 11) is 1.65. The average Bonchev–Trinajstić information content (AvgIpc) is 2.88. The van der Waals surface area contributed by atoms with Crippen LogP contribution in [0.2, 0.25) is 0 Å². The molecule has 1 saturated carbocycles. The molecule has 5 nitrogen and oxygen atoms in total. The lowest BCUT2D eigenvalue weighted by Gasteiger charge is -2.35. The molecule has 0 radical (unpaired) electrons. The highest BCUT2D eigenvalue weighted by Gasteiger charge is 2.29. The minimum atomic E-state index is 0.265. The van der Waals surface area contributed by atoms with Gasteiger partial charge in [0.1, 0.15) is 0 Å². The second-order valence-electron chi connectivity index (χ2n) is 5.16. The van der Waals surface area contributed by atoms with Gasteiger partial charge in [-0.2, -0.15) is 0 Å². The molecule has 0 aromatic heterocycles. The first-order chi connectivity index (χ1) is 9.80. The van der Waals surface area contributed by atoms with E-state index in [1.165, 1.54) is 0 Å². The van der Waals surface area contributed by atoms with Crippen molar-refractivity contribution in [2.45, 2.75) is 38.5 Å². The largest absolute Gasteiger partial charge is 0.493 e. The minimum absolute atomic E-state index is 0.265. The Balaban J connectivity index is 1.56. The molecule has 0 amide bonds. The summed E-state index contributed by atoms with van der Waals surface area (Å²) in [4.78, 5) is 0. The van der Waals surface area contributed by atoms with Crippen LogP contribution in [0.4, 0.5) is 0 Å². The van der Waals surface area contributed by atoms with Crippen LogP contribution in [-0.4, -0.2) is 32.7 Å². The van der Waals surface area contributed by atoms with E-state index in [9.17, 15) is 0 Å². The quantitative estimate of drug-likeness (QED) is 0.864. The average molecular weight is 279 g/mol. The molecule has 0 unspecified atom stereocenters. The van der Waals surface area contributed by atoms with Crippen molar-refractivity contribution in [2.24, 2.45) is 0 Å². The first kappa shape index (κ1) is 13.5. The van der Waals surface area contributed by atoms with Crippen LogP contribution < -0.4 is 19.5 Å². The van der Waals surface area contributed by atoms with Crippen molar-refractivity contribution in [2.75, 3.05) is 20.5 Å². The predicted octanol–water partition coefficient (Wildman–Crippen LogP) is 2.08. The maximum atomic E-state index is 5.56. The van der Waals surface area contributed by atoms with E-state index in [2.05, 4.69) is 5.32 Å². The zero-order chi connectivity index (χ0) is 13.9. The minimum Gasteiger partial charge on any atom is -0.493 e. The lowest BCUT2D eigenvalue weighted by atomic mass is 9.89. The third-order valence-electron chi connectivity index (χ3n) is 3.81. The maximum absolute atomic E-state index is 5.56. The zero-order valence-corrected chi connectivity index (χ0v) is 12.0. The fourth-order valence-electron chi connectivity index (χ4n) is 2.65. The topological polar surface area (TPSA) is 49.0 Å². The predicted molar refractivity (Wildman–Crippen MR) is 74.4 cm³/mol. The van der Waals surface area contributed by atoms with Crippen molar-refractivity contribution < 1.29 is 18.9 Å². The molecule has 5 heteroatoms. The summed E-state index contributed by atoms with van der Waals surface area (Å²) in [6, 6.07) is 4.55. The van der Waals surface area contributed by atoms with Crippen LogP contribution in [0, 0.1) is 0 Å². The number of methoxy groups -OCH3 is 1. The summed E-state index contributed by atoms with van der Waals surface area (Å²) in [5, 5.41) is 3.53. The third-order valence-corrected chi connectivity index (χ3v) is 3.81. The Labute approximate surface area is 119 Å². The molecule has 3 rings (SSSR count). The molecule has 2 aliphatic rings. The Morgan fingerprint density at radius 3 is 2.90 bits per heavy atom. The van der Waals surface area contributed by atoms with Gasteiger partial charge >= 0.3 is 0 Å². The Kier molecular flexibility index (Phi) is 3.98. The molecule has 0 spiro atoms. The molecule has 1 aromatic rings. The zero-order valence-electron chi connectivity index (χ0n) is 12.0. The van der Waals surface area contributed by atoms with Crippen LogP contribution in [0.5, 0.6) is 17.2 Å². The van der Waals surface area contributed by atoms with Gasteiger partial charge in [-0.1, -0.05) is 0 Å². The van der Waals surface area contributed by atoms with Crippen molar-refractivity contribution >= 4 is 0 Å². The van der Waals surface area contributed by atoms with E-state index >= 15 is 0 Å². The molecule has 0 bridgehead atoms. The Morgan fingerprint density at radius 1 is 1.30 bits per heavy atom. The van der Waals surface area contributed by atoms with Gasteiger partial charge < -0.3 is 24.3 Å². The summed E-state index contributed by atoms with van der Waals surface area (Å²) in [6.45, 7) is 3.91. The van der Waals surface area contributed by atoms with Gasteiger partial charge in [-0.25, -0.2) is 0 Å². The lowest BCUT2D eigenvalue weighted by molar-refractivity contribution is -0.0102. The Hall–Kier alpha value is -1.46. The summed E-state index contributed by atoms with van der Waals surface area (Å²) < 4.78 is 21.7. The number of benzene rings is 1. The lowest BCUT2D eigenvalue weighted by Crippen LogP contribution is -2.45. The molecule has 0 saturated heterocycles. The number of rotatable bonds is 6. The van der Waals surface area contributed by atoms with E-state index in [1.807, 2.05) is 19.1 Å². The first-order valence-corrected chi connectivity index (χ1v) is 7.11. The van der Waals surface area contributed by atoms with E-state index in [0.29, 0.717) is 17.9 Å². The summed E-state index contributed by atoms with van der Waals surface area (Å²) in [5.74, 6) is 2.20. The SMILES string of the molecule is CCOC1CC(NCc2cc(OC)c3c(c2)OCO3)C1. The maximum Gasteiger partial charge on any atom is 0.231 e. The van der Waals surface area contributed by atoms with Crippen molar-refractivity contribution in [3.05, 3.63) is 17.7 Å². The number of hydrogen-bond acceptors (Lipinski definition) is 5. The Bertz CT molecular complexity index is 471. The highest BCUT2D eigenvalue weighted by Crippen LogP contribution is 2.41. The molecule has 20 heavy (non-hydrogen) atoms. The van der Waals surface area contributed by atoms with E-state index in [1.54, 1.807) is 7.11 Å². The first-order valence-electron chi connectivity index (χ1n) is 7.11. The smallest absolute Gasteiger partial charge is 0.231 e. The number of nitrogens with one attached hydrogen (secondary N) is 1. The van der Waals surface area contributed by atoms with Gasteiger partial charge in [0.05, 0.1) is 13.2 Å². The normalized spacial score (nSPS) is 23.5. The number of fused-ring (bicyclic) bond motifs is 1. The van der Waals surface area contributed by atoms with E-state index in [4.69, 9.17) is 18.9 Å². The van der Waals surface area contributed by atoms with Crippen LogP contribution in [0.25, 0.3) is 0 Å². The van der Waals surface area contributed by atoms with Gasteiger partial charge in [-0.05, 0) is 37.5 Å². The molecule has 1 fully saturated rings. The van der Waals surface area contributed by atoms with Crippen LogP contribution in [0.1, 0.15) is 25.3 Å². The van der Waals surface area contributed by atoms with Crippen LogP contribution in [-0.2, 0) is 11.3 Å². The number of ether oxygens (including phenoxy) is 4. The summed E-state index contributed by atoms with van der Waals surface area (Å²) in [5.41, 5.74) is 1.14. The van der Waals surface area contributed by atoms with E-state index < -0.39 is 0 Å². The van der Waals surface area contributed by atoms with Crippen molar-refractivity contribution in [1.29, 1.82) is 0 Å². The van der Waals surface area contributed by atoms with Crippen molar-refractivity contribution in [1.82, 2.24) is 5.32 Å². The molecule has 110 valence electrons. The van der Waals surface area contributed by atoms with Crippen LogP contribution >= 0.6 is 0 Å². The second kappa shape index (κ2) is 5.89. The van der Waals surface area contributed by atoms with Gasteiger partial charge in [0.25, 0.3) is 0 Å². The standard InChI is InChI=1S/C15H21NO4/c1-3-18-12-6-11(7-12)16-8-10-4-13(17-2)15-14(5-10)19-9-20-15/h4-5,11-12,16H,3,6-9H2,1-2H3. The highest BCUT2D eigenvalue weighted by molar-refractivity contribution is 5.55. The van der Waals surface area contributed by atoms with E-state index in [0.717, 1.165) is 43.1 Å². The molecular formula is C15H21NO4.